The first-order chi connectivity index (χ1) is 10.2. The topological polar surface area (TPSA) is 137 Å². The summed E-state index contributed by atoms with van der Waals surface area (Å²) >= 11 is 0. The number of nitro groups is 2. The molecule has 0 aliphatic rings. The van der Waals surface area contributed by atoms with Gasteiger partial charge in [-0.05, 0) is 19.4 Å². The Balaban J connectivity index is 2.34. The lowest BCUT2D eigenvalue weighted by Gasteiger charge is -2.11. The zero-order valence-electron chi connectivity index (χ0n) is 11.8. The van der Waals surface area contributed by atoms with E-state index in [1.807, 2.05) is 0 Å². The van der Waals surface area contributed by atoms with E-state index in [1.165, 1.54) is 23.0 Å². The van der Waals surface area contributed by atoms with Gasteiger partial charge in [-0.25, -0.2) is 4.68 Å². The molecule has 10 heteroatoms. The molecule has 1 N–H and O–H groups in total. The van der Waals surface area contributed by atoms with Gasteiger partial charge in [0, 0.05) is 12.1 Å². The van der Waals surface area contributed by atoms with Crippen LogP contribution in [0.3, 0.4) is 0 Å². The number of aliphatic hydroxyl groups is 1. The summed E-state index contributed by atoms with van der Waals surface area (Å²) in [6, 6.07) is 3.37. The summed E-state index contributed by atoms with van der Waals surface area (Å²) in [5, 5.41) is 39.1. The van der Waals surface area contributed by atoms with Crippen LogP contribution in [0.5, 0.6) is 0 Å². The van der Waals surface area contributed by atoms with Crippen molar-refractivity contribution < 1.29 is 15.0 Å². The minimum Gasteiger partial charge on any atom is -0.384 e. The highest BCUT2D eigenvalue weighted by Crippen LogP contribution is 2.23. The predicted molar refractivity (Wildman–Crippen MR) is 74.1 cm³/mol. The molecule has 0 radical (unpaired) electrons. The van der Waals surface area contributed by atoms with Gasteiger partial charge in [0.15, 0.2) is 0 Å². The second-order valence-corrected chi connectivity index (χ2v) is 5.23. The monoisotopic (exact) mass is 307 g/mol. The lowest BCUT2D eigenvalue weighted by Crippen LogP contribution is -2.15. The highest BCUT2D eigenvalue weighted by molar-refractivity contribution is 5.46. The minimum atomic E-state index is -1.17. The van der Waals surface area contributed by atoms with Gasteiger partial charge in [0.05, 0.1) is 28.7 Å². The van der Waals surface area contributed by atoms with Crippen molar-refractivity contribution in [3.8, 4) is 0 Å². The number of benzene rings is 1. The molecule has 1 aromatic carbocycles. The number of non-ortho nitro benzene ring substituents is 2. The zero-order chi connectivity index (χ0) is 16.5. The minimum absolute atomic E-state index is 0.0611. The molecule has 0 bridgehead atoms. The van der Waals surface area contributed by atoms with Crippen molar-refractivity contribution in [2.24, 2.45) is 0 Å². The summed E-state index contributed by atoms with van der Waals surface area (Å²) in [5.41, 5.74) is -1.24. The lowest BCUT2D eigenvalue weighted by atomic mass is 10.1. The molecule has 0 aliphatic carbocycles. The van der Waals surface area contributed by atoms with Crippen molar-refractivity contribution in [1.82, 2.24) is 15.0 Å². The molecule has 0 saturated heterocycles. The molecule has 0 aliphatic heterocycles. The fourth-order valence-electron chi connectivity index (χ4n) is 1.80. The van der Waals surface area contributed by atoms with Crippen LogP contribution in [0.1, 0.15) is 25.1 Å². The summed E-state index contributed by atoms with van der Waals surface area (Å²) in [5.74, 6) is 0. The second kappa shape index (κ2) is 5.48. The van der Waals surface area contributed by atoms with Gasteiger partial charge in [-0.3, -0.25) is 20.2 Å². The number of hydrogen-bond acceptors (Lipinski definition) is 7. The van der Waals surface area contributed by atoms with E-state index in [0.29, 0.717) is 11.3 Å². The van der Waals surface area contributed by atoms with E-state index < -0.39 is 15.4 Å². The molecule has 0 spiro atoms. The molecule has 0 unspecified atom stereocenters. The van der Waals surface area contributed by atoms with Crippen molar-refractivity contribution in [3.05, 3.63) is 55.9 Å². The normalized spacial score (nSPS) is 11.4. The molecule has 2 aromatic rings. The van der Waals surface area contributed by atoms with E-state index in [2.05, 4.69) is 10.3 Å². The SMILES string of the molecule is CC(C)(O)c1cn(Cc2cc([N+](=O)[O-])cc([N+](=O)[O-])c2)nn1. The van der Waals surface area contributed by atoms with Crippen LogP contribution in [0.15, 0.2) is 24.4 Å². The van der Waals surface area contributed by atoms with Crippen molar-refractivity contribution >= 4 is 11.4 Å². The van der Waals surface area contributed by atoms with Crippen LogP contribution in [0.25, 0.3) is 0 Å². The van der Waals surface area contributed by atoms with Crippen LogP contribution in [0.2, 0.25) is 0 Å². The van der Waals surface area contributed by atoms with Gasteiger partial charge < -0.3 is 5.11 Å². The van der Waals surface area contributed by atoms with Crippen molar-refractivity contribution in [2.45, 2.75) is 26.0 Å². The fraction of sp³-hybridized carbons (Fsp3) is 0.333. The average Bonchev–Trinajstić information content (AvgIpc) is 2.86. The van der Waals surface area contributed by atoms with Gasteiger partial charge in [-0.15, -0.1) is 5.10 Å². The molecule has 1 aromatic heterocycles. The Kier molecular flexibility index (Phi) is 3.87. The first-order valence-electron chi connectivity index (χ1n) is 6.22. The van der Waals surface area contributed by atoms with Gasteiger partial charge >= 0.3 is 0 Å². The molecule has 0 atom stereocenters. The molecule has 0 fully saturated rings. The Bertz CT molecular complexity index is 701. The quantitative estimate of drug-likeness (QED) is 0.650. The number of rotatable bonds is 5. The summed E-state index contributed by atoms with van der Waals surface area (Å²) in [6.45, 7) is 3.14. The van der Waals surface area contributed by atoms with Gasteiger partial charge in [0.2, 0.25) is 0 Å². The number of hydrogen-bond donors (Lipinski definition) is 1. The molecule has 0 amide bonds. The maximum Gasteiger partial charge on any atom is 0.276 e. The smallest absolute Gasteiger partial charge is 0.276 e. The Hall–Kier alpha value is -2.88. The molecule has 10 nitrogen and oxygen atoms in total. The summed E-state index contributed by atoms with van der Waals surface area (Å²) < 4.78 is 1.34. The maximum atomic E-state index is 10.8. The molecule has 2 rings (SSSR count). The Morgan fingerprint density at radius 2 is 1.73 bits per heavy atom. The molecular formula is C12H13N5O5. The number of aromatic nitrogens is 3. The summed E-state index contributed by atoms with van der Waals surface area (Å²) in [7, 11) is 0. The van der Waals surface area contributed by atoms with E-state index >= 15 is 0 Å². The first kappa shape index (κ1) is 15.5. The fourth-order valence-corrected chi connectivity index (χ4v) is 1.80. The molecule has 116 valence electrons. The summed E-state index contributed by atoms with van der Waals surface area (Å²) in [4.78, 5) is 20.3. The van der Waals surface area contributed by atoms with Crippen LogP contribution in [-0.4, -0.2) is 29.9 Å². The van der Waals surface area contributed by atoms with Gasteiger partial charge in [0.25, 0.3) is 11.4 Å². The predicted octanol–water partition coefficient (Wildman–Crippen LogP) is 1.37. The van der Waals surface area contributed by atoms with E-state index in [-0.39, 0.29) is 17.9 Å². The largest absolute Gasteiger partial charge is 0.384 e. The van der Waals surface area contributed by atoms with E-state index in [1.54, 1.807) is 13.8 Å². The van der Waals surface area contributed by atoms with E-state index in [4.69, 9.17) is 0 Å². The van der Waals surface area contributed by atoms with Crippen LogP contribution in [-0.2, 0) is 12.1 Å². The molecule has 22 heavy (non-hydrogen) atoms. The van der Waals surface area contributed by atoms with Crippen molar-refractivity contribution in [1.29, 1.82) is 0 Å². The van der Waals surface area contributed by atoms with Gasteiger partial charge in [0.1, 0.15) is 11.3 Å². The lowest BCUT2D eigenvalue weighted by molar-refractivity contribution is -0.394. The van der Waals surface area contributed by atoms with Crippen molar-refractivity contribution in [2.75, 3.05) is 0 Å². The first-order valence-corrected chi connectivity index (χ1v) is 6.22. The standard InChI is InChI=1S/C12H13N5O5/c1-12(2,18)11-7-15(14-13-11)6-8-3-9(16(19)20)5-10(4-8)17(21)22/h3-5,7,18H,6H2,1-2H3. The maximum absolute atomic E-state index is 10.8. The molecule has 1 heterocycles. The number of nitro benzene ring substituents is 2. The van der Waals surface area contributed by atoms with Gasteiger partial charge in [-0.2, -0.15) is 0 Å². The van der Waals surface area contributed by atoms with Crippen LogP contribution >= 0.6 is 0 Å². The number of nitrogens with zero attached hydrogens (tertiary/aromatic N) is 5. The molecule has 0 saturated carbocycles. The molecular weight excluding hydrogens is 294 g/mol. The summed E-state index contributed by atoms with van der Waals surface area (Å²) in [6.07, 6.45) is 1.48. The van der Waals surface area contributed by atoms with E-state index in [9.17, 15) is 25.3 Å². The van der Waals surface area contributed by atoms with Crippen LogP contribution in [0.4, 0.5) is 11.4 Å². The Morgan fingerprint density at radius 3 is 2.14 bits per heavy atom. The Morgan fingerprint density at radius 1 is 1.18 bits per heavy atom. The third kappa shape index (κ3) is 3.41. The van der Waals surface area contributed by atoms with Crippen LogP contribution < -0.4 is 0 Å². The third-order valence-electron chi connectivity index (χ3n) is 2.89. The average molecular weight is 307 g/mol. The van der Waals surface area contributed by atoms with Gasteiger partial charge in [-0.1, -0.05) is 5.21 Å². The zero-order valence-corrected chi connectivity index (χ0v) is 11.8. The highest BCUT2D eigenvalue weighted by Gasteiger charge is 2.21. The second-order valence-electron chi connectivity index (χ2n) is 5.23. The third-order valence-corrected chi connectivity index (χ3v) is 2.89. The van der Waals surface area contributed by atoms with Crippen molar-refractivity contribution in [3.63, 3.8) is 0 Å². The van der Waals surface area contributed by atoms with E-state index in [0.717, 1.165) is 6.07 Å². The highest BCUT2D eigenvalue weighted by atomic mass is 16.6. The Labute approximate surface area is 124 Å². The van der Waals surface area contributed by atoms with Crippen LogP contribution in [0, 0.1) is 20.2 Å².